The monoisotopic (exact) mass is 748 g/mol. The van der Waals surface area contributed by atoms with Crippen molar-refractivity contribution in [2.45, 2.75) is 51.4 Å². The fraction of sp³-hybridized carbons (Fsp3) is 0.143. The Morgan fingerprint density at radius 1 is 0.379 bits per heavy atom. The predicted molar refractivity (Wildman–Crippen MR) is 246 cm³/mol. The van der Waals surface area contributed by atoms with E-state index < -0.39 is 0 Å². The number of hydrogen-bond donors (Lipinski definition) is 0. The van der Waals surface area contributed by atoms with E-state index in [0.717, 1.165) is 41.3 Å². The van der Waals surface area contributed by atoms with Crippen LogP contribution >= 0.6 is 0 Å². The maximum Gasteiger partial charge on any atom is 0.0546 e. The van der Waals surface area contributed by atoms with Crippen LogP contribution in [0.2, 0.25) is 0 Å². The number of para-hydroxylation sites is 2. The first-order chi connectivity index (χ1) is 28.6. The van der Waals surface area contributed by atoms with Gasteiger partial charge in [0.1, 0.15) is 0 Å². The quantitative estimate of drug-likeness (QED) is 0.143. The number of nitrogens with zero attached hydrogens (tertiary/aromatic N) is 2. The van der Waals surface area contributed by atoms with Crippen molar-refractivity contribution >= 4 is 34.1 Å². The molecule has 0 fully saturated rings. The Hall–Kier alpha value is -6.64. The molecule has 0 spiro atoms. The summed E-state index contributed by atoms with van der Waals surface area (Å²) in [6, 6.07) is 71.4. The van der Waals surface area contributed by atoms with Gasteiger partial charge in [-0.05, 0) is 142 Å². The summed E-state index contributed by atoms with van der Waals surface area (Å²) in [6.07, 6.45) is 5.99. The van der Waals surface area contributed by atoms with Crippen LogP contribution in [0.5, 0.6) is 0 Å². The molecule has 0 saturated carbocycles. The van der Waals surface area contributed by atoms with Crippen molar-refractivity contribution in [3.05, 3.63) is 216 Å². The molecular formula is C56H48N2. The Balaban J connectivity index is 1.23. The van der Waals surface area contributed by atoms with Gasteiger partial charge in [0.25, 0.3) is 0 Å². The smallest absolute Gasteiger partial charge is 0.0546 e. The third-order valence-corrected chi connectivity index (χ3v) is 12.5. The standard InChI is InChI=1S/C56H48N2/c1-56(2)51-32-16-15-30-50(51)54-52(56)37-38-53(55(54)49-31-18-22-41-21-9-4-14-29-48(41)49)58(47-28-17-23-42(39-47)40-19-7-3-8-20-40)46-35-33-45(34-36-46)57(43-24-10-5-11-25-43)44-26-12-6-13-27-44/h3,5-8,10-13,15-20,22-28,30-39H,4,9,14,21,29H2,1-2H3. The number of benzene rings is 8. The van der Waals surface area contributed by atoms with Gasteiger partial charge in [0.2, 0.25) is 0 Å². The lowest BCUT2D eigenvalue weighted by atomic mass is 9.81. The number of hydrogen-bond acceptors (Lipinski definition) is 2. The van der Waals surface area contributed by atoms with Gasteiger partial charge in [0.15, 0.2) is 0 Å². The van der Waals surface area contributed by atoms with Crippen LogP contribution < -0.4 is 9.80 Å². The second kappa shape index (κ2) is 15.0. The zero-order chi connectivity index (χ0) is 39.1. The Morgan fingerprint density at radius 2 is 0.931 bits per heavy atom. The molecule has 282 valence electrons. The van der Waals surface area contributed by atoms with Gasteiger partial charge in [-0.2, -0.15) is 0 Å². The zero-order valence-corrected chi connectivity index (χ0v) is 33.4. The average Bonchev–Trinajstić information content (AvgIpc) is 3.39. The Morgan fingerprint density at radius 3 is 1.66 bits per heavy atom. The van der Waals surface area contributed by atoms with Gasteiger partial charge in [-0.25, -0.2) is 0 Å². The molecule has 2 aliphatic carbocycles. The van der Waals surface area contributed by atoms with E-state index in [-0.39, 0.29) is 5.41 Å². The van der Waals surface area contributed by atoms with Gasteiger partial charge in [0, 0.05) is 39.4 Å². The summed E-state index contributed by atoms with van der Waals surface area (Å²) >= 11 is 0. The minimum Gasteiger partial charge on any atom is -0.311 e. The highest BCUT2D eigenvalue weighted by Gasteiger charge is 2.39. The van der Waals surface area contributed by atoms with Gasteiger partial charge in [-0.15, -0.1) is 0 Å². The molecule has 2 nitrogen and oxygen atoms in total. The first kappa shape index (κ1) is 35.8. The lowest BCUT2D eigenvalue weighted by molar-refractivity contribution is 0.660. The summed E-state index contributed by atoms with van der Waals surface area (Å²) in [5.74, 6) is 0. The van der Waals surface area contributed by atoms with Crippen molar-refractivity contribution < 1.29 is 0 Å². The largest absolute Gasteiger partial charge is 0.311 e. The minimum absolute atomic E-state index is 0.122. The zero-order valence-electron chi connectivity index (χ0n) is 33.4. The van der Waals surface area contributed by atoms with E-state index in [0.29, 0.717) is 0 Å². The van der Waals surface area contributed by atoms with Crippen molar-refractivity contribution in [3.8, 4) is 33.4 Å². The number of anilines is 6. The van der Waals surface area contributed by atoms with E-state index in [2.05, 4.69) is 218 Å². The number of aryl methyl sites for hydroxylation is 1. The lowest BCUT2D eigenvalue weighted by Crippen LogP contribution is -2.16. The maximum atomic E-state index is 2.52. The van der Waals surface area contributed by atoms with Crippen LogP contribution in [0, 0.1) is 0 Å². The highest BCUT2D eigenvalue weighted by molar-refractivity contribution is 6.02. The van der Waals surface area contributed by atoms with Crippen LogP contribution in [0.25, 0.3) is 33.4 Å². The fourth-order valence-corrected chi connectivity index (χ4v) is 9.67. The molecule has 0 amide bonds. The average molecular weight is 749 g/mol. The second-order valence-electron chi connectivity index (χ2n) is 16.3. The molecule has 8 aromatic carbocycles. The number of rotatable bonds is 8. The lowest BCUT2D eigenvalue weighted by Gasteiger charge is -2.32. The van der Waals surface area contributed by atoms with Gasteiger partial charge in [0.05, 0.1) is 5.69 Å². The van der Waals surface area contributed by atoms with Crippen LogP contribution in [0.4, 0.5) is 34.1 Å². The van der Waals surface area contributed by atoms with Gasteiger partial charge < -0.3 is 9.80 Å². The normalized spacial score (nSPS) is 13.8. The Kier molecular flexibility index (Phi) is 9.26. The first-order valence-corrected chi connectivity index (χ1v) is 20.9. The molecule has 0 N–H and O–H groups in total. The molecule has 0 aliphatic heterocycles. The summed E-state index contributed by atoms with van der Waals surface area (Å²) in [7, 11) is 0. The predicted octanol–water partition coefficient (Wildman–Crippen LogP) is 15.5. The van der Waals surface area contributed by atoms with Crippen LogP contribution in [-0.4, -0.2) is 0 Å². The Bertz CT molecular complexity index is 2670. The van der Waals surface area contributed by atoms with E-state index in [1.54, 1.807) is 0 Å². The van der Waals surface area contributed by atoms with Crippen LogP contribution in [-0.2, 0) is 18.3 Å². The molecule has 0 bridgehead atoms. The second-order valence-corrected chi connectivity index (χ2v) is 16.3. The summed E-state index contributed by atoms with van der Waals surface area (Å²) in [5.41, 5.74) is 20.3. The molecule has 58 heavy (non-hydrogen) atoms. The van der Waals surface area contributed by atoms with Crippen LogP contribution in [0.3, 0.4) is 0 Å². The van der Waals surface area contributed by atoms with Crippen molar-refractivity contribution in [3.63, 3.8) is 0 Å². The summed E-state index contributed by atoms with van der Waals surface area (Å²) < 4.78 is 0. The van der Waals surface area contributed by atoms with Gasteiger partial charge in [-0.1, -0.05) is 148 Å². The van der Waals surface area contributed by atoms with Crippen molar-refractivity contribution in [1.82, 2.24) is 0 Å². The molecule has 0 aromatic heterocycles. The topological polar surface area (TPSA) is 6.48 Å². The summed E-state index contributed by atoms with van der Waals surface area (Å²) in [4.78, 5) is 4.86. The van der Waals surface area contributed by atoms with Crippen molar-refractivity contribution in [1.29, 1.82) is 0 Å². The molecule has 0 radical (unpaired) electrons. The van der Waals surface area contributed by atoms with Crippen molar-refractivity contribution in [2.24, 2.45) is 0 Å². The van der Waals surface area contributed by atoms with Crippen LogP contribution in [0.15, 0.2) is 194 Å². The molecular weight excluding hydrogens is 701 g/mol. The van der Waals surface area contributed by atoms with Crippen LogP contribution in [0.1, 0.15) is 55.4 Å². The molecule has 0 saturated heterocycles. The molecule has 0 atom stereocenters. The summed E-state index contributed by atoms with van der Waals surface area (Å²) in [6.45, 7) is 4.80. The third-order valence-electron chi connectivity index (χ3n) is 12.5. The third kappa shape index (κ3) is 6.30. The van der Waals surface area contributed by atoms with E-state index in [1.165, 1.54) is 80.6 Å². The summed E-state index contributed by atoms with van der Waals surface area (Å²) in [5, 5.41) is 0. The Labute approximate surface area is 343 Å². The highest BCUT2D eigenvalue weighted by Crippen LogP contribution is 2.57. The first-order valence-electron chi connectivity index (χ1n) is 20.9. The molecule has 2 aliphatic rings. The van der Waals surface area contributed by atoms with Crippen molar-refractivity contribution in [2.75, 3.05) is 9.80 Å². The highest BCUT2D eigenvalue weighted by atomic mass is 15.2. The van der Waals surface area contributed by atoms with E-state index in [1.807, 2.05) is 0 Å². The molecule has 2 heteroatoms. The minimum atomic E-state index is -0.122. The SMILES string of the molecule is CC1(C)c2ccccc2-c2c1ccc(N(c1ccc(N(c3ccccc3)c3ccccc3)cc1)c1cccc(-c3ccccc3)c1)c2-c1cccc2c1CCCCC2. The molecule has 8 aromatic rings. The van der Waals surface area contributed by atoms with E-state index in [4.69, 9.17) is 0 Å². The van der Waals surface area contributed by atoms with E-state index in [9.17, 15) is 0 Å². The number of fused-ring (bicyclic) bond motifs is 4. The fourth-order valence-electron chi connectivity index (χ4n) is 9.67. The van der Waals surface area contributed by atoms with E-state index >= 15 is 0 Å². The maximum absolute atomic E-state index is 2.52. The van der Waals surface area contributed by atoms with Gasteiger partial charge >= 0.3 is 0 Å². The molecule has 10 rings (SSSR count). The molecule has 0 heterocycles. The molecule has 0 unspecified atom stereocenters. The van der Waals surface area contributed by atoms with Gasteiger partial charge in [-0.3, -0.25) is 0 Å².